The lowest BCUT2D eigenvalue weighted by Gasteiger charge is -2.26. The number of aliphatic hydroxyl groups excluding tert-OH is 1. The Morgan fingerprint density at radius 3 is 2.71 bits per heavy atom. The van der Waals surface area contributed by atoms with Gasteiger partial charge in [0.05, 0.1) is 13.0 Å². The van der Waals surface area contributed by atoms with Gasteiger partial charge in [0.1, 0.15) is 17.5 Å². The van der Waals surface area contributed by atoms with Crippen molar-refractivity contribution in [2.45, 2.75) is 24.5 Å². The molecule has 0 saturated carbocycles. The van der Waals surface area contributed by atoms with E-state index in [0.717, 1.165) is 11.1 Å². The zero-order valence-corrected chi connectivity index (χ0v) is 16.2. The standard InChI is InChI=1S/C21H24ClFN2O3/c22-17-6-4-16(5-7-17)11-20(27)25-12-19(26)21(28,14-25)13-24-9-8-15-2-1-3-18(23)10-15/h1-7,10,19,24,26,28H,8-9,11-14H2/t19-,21+/m1/s1. The van der Waals surface area contributed by atoms with Gasteiger partial charge in [-0.25, -0.2) is 4.39 Å². The number of benzene rings is 2. The lowest BCUT2D eigenvalue weighted by Crippen LogP contribution is -2.50. The summed E-state index contributed by atoms with van der Waals surface area (Å²) >= 11 is 5.85. The first-order valence-electron chi connectivity index (χ1n) is 9.23. The van der Waals surface area contributed by atoms with Crippen LogP contribution in [-0.4, -0.2) is 58.9 Å². The summed E-state index contributed by atoms with van der Waals surface area (Å²) in [6.45, 7) is 0.827. The molecule has 1 heterocycles. The highest BCUT2D eigenvalue weighted by Gasteiger charge is 2.45. The van der Waals surface area contributed by atoms with Crippen molar-refractivity contribution in [3.63, 3.8) is 0 Å². The highest BCUT2D eigenvalue weighted by atomic mass is 35.5. The molecule has 2 atom stereocenters. The molecule has 3 rings (SSSR count). The van der Waals surface area contributed by atoms with E-state index in [1.54, 1.807) is 30.3 Å². The van der Waals surface area contributed by atoms with Crippen molar-refractivity contribution < 1.29 is 19.4 Å². The van der Waals surface area contributed by atoms with E-state index < -0.39 is 11.7 Å². The van der Waals surface area contributed by atoms with E-state index in [9.17, 15) is 19.4 Å². The molecule has 0 spiro atoms. The molecule has 7 heteroatoms. The molecule has 150 valence electrons. The predicted octanol–water partition coefficient (Wildman–Crippen LogP) is 1.79. The zero-order chi connectivity index (χ0) is 20.1. The number of carbonyl (C=O) groups excluding carboxylic acids is 1. The van der Waals surface area contributed by atoms with Crippen molar-refractivity contribution in [2.24, 2.45) is 0 Å². The maximum atomic E-state index is 13.2. The van der Waals surface area contributed by atoms with Gasteiger partial charge >= 0.3 is 0 Å². The third kappa shape index (κ3) is 5.29. The molecular formula is C21H24ClFN2O3. The number of carbonyl (C=O) groups is 1. The number of rotatable bonds is 7. The van der Waals surface area contributed by atoms with Gasteiger partial charge in [-0.05, 0) is 48.4 Å². The highest BCUT2D eigenvalue weighted by Crippen LogP contribution is 2.22. The van der Waals surface area contributed by atoms with Crippen LogP contribution < -0.4 is 5.32 Å². The Morgan fingerprint density at radius 2 is 2.00 bits per heavy atom. The van der Waals surface area contributed by atoms with Crippen molar-refractivity contribution in [3.8, 4) is 0 Å². The van der Waals surface area contributed by atoms with Crippen LogP contribution in [0.4, 0.5) is 4.39 Å². The summed E-state index contributed by atoms with van der Waals surface area (Å²) in [5, 5.41) is 24.7. The minimum Gasteiger partial charge on any atom is -0.388 e. The topological polar surface area (TPSA) is 72.8 Å². The molecule has 0 aliphatic carbocycles. The van der Waals surface area contributed by atoms with E-state index in [1.165, 1.54) is 17.0 Å². The number of halogens is 2. The highest BCUT2D eigenvalue weighted by molar-refractivity contribution is 6.30. The molecule has 0 radical (unpaired) electrons. The van der Waals surface area contributed by atoms with Gasteiger partial charge in [-0.15, -0.1) is 0 Å². The van der Waals surface area contributed by atoms with E-state index in [4.69, 9.17) is 11.6 Å². The second-order valence-corrected chi connectivity index (χ2v) is 7.69. The molecule has 0 aromatic heterocycles. The Balaban J connectivity index is 1.48. The molecule has 1 aliphatic rings. The Kier molecular flexibility index (Phi) is 6.67. The molecule has 1 fully saturated rings. The van der Waals surface area contributed by atoms with E-state index in [2.05, 4.69) is 5.32 Å². The van der Waals surface area contributed by atoms with Gasteiger partial charge in [0.2, 0.25) is 5.91 Å². The van der Waals surface area contributed by atoms with Crippen molar-refractivity contribution in [1.29, 1.82) is 0 Å². The van der Waals surface area contributed by atoms with Crippen molar-refractivity contribution >= 4 is 17.5 Å². The average molecular weight is 407 g/mol. The summed E-state index contributed by atoms with van der Waals surface area (Å²) in [6.07, 6.45) is -0.237. The SMILES string of the molecule is O=C(Cc1ccc(Cl)cc1)N1C[C@@H](O)[C@](O)(CNCCc2cccc(F)c2)C1. The Hall–Kier alpha value is -1.99. The zero-order valence-electron chi connectivity index (χ0n) is 15.4. The smallest absolute Gasteiger partial charge is 0.227 e. The van der Waals surface area contributed by atoms with Crippen LogP contribution in [0, 0.1) is 5.82 Å². The fourth-order valence-corrected chi connectivity index (χ4v) is 3.49. The second kappa shape index (κ2) is 9.01. The third-order valence-corrected chi connectivity index (χ3v) is 5.26. The van der Waals surface area contributed by atoms with E-state index in [1.807, 2.05) is 6.07 Å². The first kappa shape index (κ1) is 20.7. The molecule has 28 heavy (non-hydrogen) atoms. The molecule has 5 nitrogen and oxygen atoms in total. The second-order valence-electron chi connectivity index (χ2n) is 7.25. The molecule has 1 amide bonds. The summed E-state index contributed by atoms with van der Waals surface area (Å²) in [6, 6.07) is 13.4. The first-order valence-corrected chi connectivity index (χ1v) is 9.61. The van der Waals surface area contributed by atoms with Gasteiger partial charge in [0.25, 0.3) is 0 Å². The first-order chi connectivity index (χ1) is 13.4. The van der Waals surface area contributed by atoms with Crippen molar-refractivity contribution in [1.82, 2.24) is 10.2 Å². The number of aliphatic hydroxyl groups is 2. The maximum Gasteiger partial charge on any atom is 0.227 e. The number of nitrogens with one attached hydrogen (secondary N) is 1. The van der Waals surface area contributed by atoms with Gasteiger partial charge < -0.3 is 20.4 Å². The number of nitrogens with zero attached hydrogens (tertiary/aromatic N) is 1. The molecular weight excluding hydrogens is 383 g/mol. The molecule has 1 saturated heterocycles. The van der Waals surface area contributed by atoms with Crippen molar-refractivity contribution in [3.05, 3.63) is 70.5 Å². The Labute approximate surface area is 168 Å². The molecule has 2 aromatic rings. The van der Waals surface area contributed by atoms with Gasteiger partial charge in [0.15, 0.2) is 0 Å². The fourth-order valence-electron chi connectivity index (χ4n) is 3.36. The summed E-state index contributed by atoms with van der Waals surface area (Å²) in [5.41, 5.74) is 0.274. The number of β-amino-alcohol motifs (C(OH)–C–C–N with tert-alkyl or cyclic N) is 2. The van der Waals surface area contributed by atoms with Gasteiger partial charge in [-0.3, -0.25) is 4.79 Å². The minimum absolute atomic E-state index is 0.0631. The number of likely N-dealkylation sites (tertiary alicyclic amines) is 1. The molecule has 3 N–H and O–H groups in total. The lowest BCUT2D eigenvalue weighted by molar-refractivity contribution is -0.130. The van der Waals surface area contributed by atoms with Gasteiger partial charge in [0, 0.05) is 18.1 Å². The quantitative estimate of drug-likeness (QED) is 0.613. The summed E-state index contributed by atoms with van der Waals surface area (Å²) in [7, 11) is 0. The molecule has 2 aromatic carbocycles. The van der Waals surface area contributed by atoms with E-state index in [-0.39, 0.29) is 37.8 Å². The normalized spacial score (nSPS) is 21.9. The lowest BCUT2D eigenvalue weighted by atomic mass is 10.0. The van der Waals surface area contributed by atoms with Gasteiger partial charge in [-0.2, -0.15) is 0 Å². The van der Waals surface area contributed by atoms with Crippen LogP contribution in [0.1, 0.15) is 11.1 Å². The number of amides is 1. The van der Waals surface area contributed by atoms with Gasteiger partial charge in [-0.1, -0.05) is 35.9 Å². The maximum absolute atomic E-state index is 13.2. The largest absolute Gasteiger partial charge is 0.388 e. The minimum atomic E-state index is -1.41. The van der Waals surface area contributed by atoms with Crippen LogP contribution in [0.25, 0.3) is 0 Å². The van der Waals surface area contributed by atoms with Crippen LogP contribution in [0.15, 0.2) is 48.5 Å². The monoisotopic (exact) mass is 406 g/mol. The van der Waals surface area contributed by atoms with Crippen LogP contribution in [0.5, 0.6) is 0 Å². The van der Waals surface area contributed by atoms with Crippen LogP contribution in [0.2, 0.25) is 5.02 Å². The van der Waals surface area contributed by atoms with Crippen molar-refractivity contribution in [2.75, 3.05) is 26.2 Å². The van der Waals surface area contributed by atoms with E-state index in [0.29, 0.717) is 18.0 Å². The molecule has 0 unspecified atom stereocenters. The molecule has 1 aliphatic heterocycles. The number of hydrogen-bond acceptors (Lipinski definition) is 4. The number of hydrogen-bond donors (Lipinski definition) is 3. The summed E-state index contributed by atoms with van der Waals surface area (Å²) in [5.74, 6) is -0.436. The van der Waals surface area contributed by atoms with Crippen LogP contribution >= 0.6 is 11.6 Å². The summed E-state index contributed by atoms with van der Waals surface area (Å²) < 4.78 is 13.2. The van der Waals surface area contributed by atoms with E-state index >= 15 is 0 Å². The summed E-state index contributed by atoms with van der Waals surface area (Å²) in [4.78, 5) is 14.0. The predicted molar refractivity (Wildman–Crippen MR) is 106 cm³/mol. The molecule has 0 bridgehead atoms. The van der Waals surface area contributed by atoms with Crippen LogP contribution in [0.3, 0.4) is 0 Å². The Bertz CT molecular complexity index is 818. The average Bonchev–Trinajstić information content (AvgIpc) is 2.96. The Morgan fingerprint density at radius 1 is 1.25 bits per heavy atom. The third-order valence-electron chi connectivity index (χ3n) is 5.01. The van der Waals surface area contributed by atoms with Crippen LogP contribution in [-0.2, 0) is 17.6 Å². The fraction of sp³-hybridized carbons (Fsp3) is 0.381.